The van der Waals surface area contributed by atoms with E-state index in [2.05, 4.69) is 0 Å². The maximum atomic E-state index is 12.5. The third-order valence-electron chi connectivity index (χ3n) is 1.79. The molecule has 97 valence electrons. The lowest BCUT2D eigenvalue weighted by Crippen LogP contribution is -2.44. The first-order valence-corrected chi connectivity index (χ1v) is 5.79. The van der Waals surface area contributed by atoms with Crippen LogP contribution in [0.5, 0.6) is 0 Å². The van der Waals surface area contributed by atoms with Gasteiger partial charge in [0.2, 0.25) is 3.79 Å². The van der Waals surface area contributed by atoms with Crippen LogP contribution in [0.1, 0.15) is 20.3 Å². The largest absolute Gasteiger partial charge is 0.365 e. The van der Waals surface area contributed by atoms with E-state index in [9.17, 15) is 13.9 Å². The number of halogens is 6. The minimum absolute atomic E-state index is 0.896. The van der Waals surface area contributed by atoms with E-state index >= 15 is 0 Å². The lowest BCUT2D eigenvalue weighted by Gasteiger charge is -2.35. The van der Waals surface area contributed by atoms with Gasteiger partial charge in [0.15, 0.2) is 0 Å². The first-order valence-electron chi connectivity index (χ1n) is 4.28. The molecule has 0 saturated carbocycles. The summed E-state index contributed by atoms with van der Waals surface area (Å²) in [6.45, 7) is 1.87. The molecule has 1 radical (unpaired) electrons. The van der Waals surface area contributed by atoms with Gasteiger partial charge >= 0.3 is 5.38 Å². The Bertz CT molecular complexity index is 225. The molecule has 0 spiro atoms. The van der Waals surface area contributed by atoms with Crippen LogP contribution in [0.2, 0.25) is 0 Å². The molecule has 0 fully saturated rings. The van der Waals surface area contributed by atoms with Gasteiger partial charge in [0.25, 0.3) is 0 Å². The molecule has 0 heterocycles. The highest BCUT2D eigenvalue weighted by molar-refractivity contribution is 6.68. The highest BCUT2D eigenvalue weighted by atomic mass is 35.6. The standard InChI is InChI=1S/C8H11Cl4F2O2/c1-6(2,8(10,11)12)16-5(4-15)3-7(9,13)14/h5H,3-4H2,1-2H3. The first kappa shape index (κ1) is 16.9. The summed E-state index contributed by atoms with van der Waals surface area (Å²) in [6.07, 6.45) is -2.25. The van der Waals surface area contributed by atoms with Gasteiger partial charge in [-0.2, -0.15) is 8.78 Å². The van der Waals surface area contributed by atoms with Gasteiger partial charge in [0.05, 0.1) is 12.5 Å². The van der Waals surface area contributed by atoms with Crippen molar-refractivity contribution in [3.8, 4) is 0 Å². The predicted octanol–water partition coefficient (Wildman–Crippen LogP) is 4.17. The zero-order valence-electron chi connectivity index (χ0n) is 8.58. The molecule has 0 N–H and O–H groups in total. The van der Waals surface area contributed by atoms with E-state index in [-0.39, 0.29) is 0 Å². The lowest BCUT2D eigenvalue weighted by atomic mass is 10.1. The Hall–Kier alpha value is 0.940. The second-order valence-electron chi connectivity index (χ2n) is 3.73. The quantitative estimate of drug-likeness (QED) is 0.699. The molecule has 2 nitrogen and oxygen atoms in total. The van der Waals surface area contributed by atoms with Crippen molar-refractivity contribution in [2.75, 3.05) is 6.61 Å². The molecular formula is C8H11Cl4F2O2. The molecular weight excluding hydrogens is 308 g/mol. The normalized spacial score (nSPS) is 16.3. The van der Waals surface area contributed by atoms with Crippen LogP contribution >= 0.6 is 46.4 Å². The summed E-state index contributed by atoms with van der Waals surface area (Å²) in [5, 5.41) is 7.15. The van der Waals surface area contributed by atoms with Crippen LogP contribution in [0.25, 0.3) is 0 Å². The van der Waals surface area contributed by atoms with Gasteiger partial charge in [-0.05, 0) is 25.4 Å². The average molecular weight is 319 g/mol. The monoisotopic (exact) mass is 317 g/mol. The highest BCUT2D eigenvalue weighted by Crippen LogP contribution is 2.41. The summed E-state index contributed by atoms with van der Waals surface area (Å²) >= 11 is 21.4. The summed E-state index contributed by atoms with van der Waals surface area (Å²) < 4.78 is 28.2. The van der Waals surface area contributed by atoms with Crippen molar-refractivity contribution in [2.45, 2.75) is 41.1 Å². The van der Waals surface area contributed by atoms with Crippen molar-refractivity contribution in [2.24, 2.45) is 0 Å². The van der Waals surface area contributed by atoms with Crippen LogP contribution in [0.3, 0.4) is 0 Å². The molecule has 0 aromatic carbocycles. The van der Waals surface area contributed by atoms with Crippen LogP contribution in [0.4, 0.5) is 8.78 Å². The fourth-order valence-electron chi connectivity index (χ4n) is 0.876. The lowest BCUT2D eigenvalue weighted by molar-refractivity contribution is -0.121. The van der Waals surface area contributed by atoms with Crippen LogP contribution in [-0.2, 0) is 9.84 Å². The van der Waals surface area contributed by atoms with Crippen molar-refractivity contribution in [1.29, 1.82) is 0 Å². The molecule has 8 heteroatoms. The zero-order chi connectivity index (χ0) is 13.2. The van der Waals surface area contributed by atoms with E-state index in [4.69, 9.17) is 51.1 Å². The van der Waals surface area contributed by atoms with Gasteiger partial charge in [-0.25, -0.2) is 5.11 Å². The van der Waals surface area contributed by atoms with Crippen molar-refractivity contribution >= 4 is 46.4 Å². The van der Waals surface area contributed by atoms with Crippen molar-refractivity contribution in [1.82, 2.24) is 0 Å². The van der Waals surface area contributed by atoms with E-state index in [0.29, 0.717) is 0 Å². The Morgan fingerprint density at radius 1 is 1.19 bits per heavy atom. The fraction of sp³-hybridized carbons (Fsp3) is 1.00. The molecule has 0 aromatic heterocycles. The molecule has 0 rings (SSSR count). The molecule has 1 atom stereocenters. The number of alkyl halides is 6. The van der Waals surface area contributed by atoms with E-state index in [0.717, 1.165) is 0 Å². The maximum Gasteiger partial charge on any atom is 0.324 e. The van der Waals surface area contributed by atoms with Crippen molar-refractivity contribution < 1.29 is 18.6 Å². The third-order valence-corrected chi connectivity index (χ3v) is 3.31. The van der Waals surface area contributed by atoms with Gasteiger partial charge in [0, 0.05) is 0 Å². The van der Waals surface area contributed by atoms with Gasteiger partial charge in [-0.1, -0.05) is 34.8 Å². The Labute approximate surface area is 113 Å². The maximum absolute atomic E-state index is 12.5. The zero-order valence-corrected chi connectivity index (χ0v) is 11.6. The van der Waals surface area contributed by atoms with Gasteiger partial charge in [-0.15, -0.1) is 0 Å². The molecule has 0 bridgehead atoms. The van der Waals surface area contributed by atoms with E-state index in [1.807, 2.05) is 0 Å². The highest BCUT2D eigenvalue weighted by Gasteiger charge is 2.44. The molecule has 1 unspecified atom stereocenters. The minimum atomic E-state index is -3.52. The molecule has 16 heavy (non-hydrogen) atoms. The molecule has 0 saturated heterocycles. The second-order valence-corrected chi connectivity index (χ2v) is 6.57. The number of ether oxygens (including phenoxy) is 1. The van der Waals surface area contributed by atoms with Crippen LogP contribution < -0.4 is 0 Å². The Kier molecular flexibility index (Phi) is 6.06. The number of rotatable bonds is 5. The molecule has 0 aromatic rings. The summed E-state index contributed by atoms with van der Waals surface area (Å²) in [5.74, 6) is 0. The van der Waals surface area contributed by atoms with E-state index < -0.39 is 33.9 Å². The molecule has 0 aliphatic carbocycles. The van der Waals surface area contributed by atoms with Gasteiger partial charge in [-0.3, -0.25) is 0 Å². The summed E-state index contributed by atoms with van der Waals surface area (Å²) in [4.78, 5) is 0. The summed E-state index contributed by atoms with van der Waals surface area (Å²) in [7, 11) is 0. The van der Waals surface area contributed by atoms with Crippen LogP contribution in [0, 0.1) is 0 Å². The average Bonchev–Trinajstić information content (AvgIpc) is 1.97. The Morgan fingerprint density at radius 3 is 1.88 bits per heavy atom. The second kappa shape index (κ2) is 5.72. The van der Waals surface area contributed by atoms with Gasteiger partial charge < -0.3 is 4.74 Å². The summed E-state index contributed by atoms with van der Waals surface area (Å²) in [6, 6.07) is 0. The van der Waals surface area contributed by atoms with E-state index in [1.165, 1.54) is 13.8 Å². The molecule has 0 aliphatic heterocycles. The fourth-order valence-corrected chi connectivity index (χ4v) is 1.18. The predicted molar refractivity (Wildman–Crippen MR) is 60.2 cm³/mol. The Morgan fingerprint density at radius 2 is 1.62 bits per heavy atom. The van der Waals surface area contributed by atoms with Crippen LogP contribution in [0.15, 0.2) is 0 Å². The SMILES string of the molecule is CC(C)(OC(C[O])CC(F)(F)Cl)C(Cl)(Cl)Cl. The third kappa shape index (κ3) is 6.03. The Balaban J connectivity index is 4.55. The van der Waals surface area contributed by atoms with E-state index in [1.54, 1.807) is 0 Å². The molecule has 0 amide bonds. The number of hydrogen-bond acceptors (Lipinski definition) is 1. The molecule has 0 aliphatic rings. The summed E-state index contributed by atoms with van der Waals surface area (Å²) in [5.41, 5.74) is -1.37. The smallest absolute Gasteiger partial charge is 0.324 e. The number of hydrogen-bond donors (Lipinski definition) is 0. The topological polar surface area (TPSA) is 29.1 Å². The minimum Gasteiger partial charge on any atom is -0.365 e. The van der Waals surface area contributed by atoms with Gasteiger partial charge in [0.1, 0.15) is 12.2 Å². The van der Waals surface area contributed by atoms with Crippen LogP contribution in [-0.4, -0.2) is 27.5 Å². The first-order chi connectivity index (χ1) is 6.89. The van der Waals surface area contributed by atoms with Crippen molar-refractivity contribution in [3.05, 3.63) is 0 Å². The van der Waals surface area contributed by atoms with Crippen molar-refractivity contribution in [3.63, 3.8) is 0 Å².